The SMILES string of the molecule is CCCCCCCCc1ccc(-c2ccc(OC(=O)C(C)(C#N)C(C)C)cc2)nc1. The number of nitriles is 1. The van der Waals surface area contributed by atoms with Crippen molar-refractivity contribution in [3.8, 4) is 23.1 Å². The Morgan fingerprint density at radius 3 is 2.30 bits per heavy atom. The van der Waals surface area contributed by atoms with Crippen LogP contribution in [0.2, 0.25) is 0 Å². The maximum Gasteiger partial charge on any atom is 0.331 e. The van der Waals surface area contributed by atoms with E-state index in [1.165, 1.54) is 44.1 Å². The molecular formula is C26H34N2O2. The second-order valence-electron chi connectivity index (χ2n) is 8.45. The van der Waals surface area contributed by atoms with Crippen LogP contribution in [0.3, 0.4) is 0 Å². The van der Waals surface area contributed by atoms with E-state index in [0.29, 0.717) is 5.75 Å². The number of aryl methyl sites for hydroxylation is 1. The third kappa shape index (κ3) is 6.42. The summed E-state index contributed by atoms with van der Waals surface area (Å²) in [6.45, 7) is 7.54. The summed E-state index contributed by atoms with van der Waals surface area (Å²) >= 11 is 0. The van der Waals surface area contributed by atoms with Crippen LogP contribution < -0.4 is 4.74 Å². The molecule has 0 saturated carbocycles. The Morgan fingerprint density at radius 2 is 1.73 bits per heavy atom. The minimum Gasteiger partial charge on any atom is -0.425 e. The molecule has 1 aromatic heterocycles. The van der Waals surface area contributed by atoms with Crippen molar-refractivity contribution in [2.45, 2.75) is 72.6 Å². The topological polar surface area (TPSA) is 63.0 Å². The quantitative estimate of drug-likeness (QED) is 0.235. The summed E-state index contributed by atoms with van der Waals surface area (Å²) in [5.74, 6) is -0.219. The number of carbonyl (C=O) groups excluding carboxylic acids is 1. The zero-order valence-electron chi connectivity index (χ0n) is 18.8. The van der Waals surface area contributed by atoms with E-state index in [1.807, 2.05) is 38.2 Å². The van der Waals surface area contributed by atoms with Crippen molar-refractivity contribution in [1.82, 2.24) is 4.98 Å². The Labute approximate surface area is 181 Å². The lowest BCUT2D eigenvalue weighted by Gasteiger charge is -2.23. The fourth-order valence-corrected chi connectivity index (χ4v) is 3.17. The van der Waals surface area contributed by atoms with Crippen LogP contribution in [0.25, 0.3) is 11.3 Å². The van der Waals surface area contributed by atoms with E-state index in [9.17, 15) is 10.1 Å². The largest absolute Gasteiger partial charge is 0.425 e. The van der Waals surface area contributed by atoms with Gasteiger partial charge in [-0.25, -0.2) is 4.79 Å². The van der Waals surface area contributed by atoms with Crippen LogP contribution >= 0.6 is 0 Å². The highest BCUT2D eigenvalue weighted by molar-refractivity contribution is 5.82. The van der Waals surface area contributed by atoms with E-state index in [2.05, 4.69) is 24.0 Å². The molecule has 2 rings (SSSR count). The fourth-order valence-electron chi connectivity index (χ4n) is 3.17. The van der Waals surface area contributed by atoms with Gasteiger partial charge in [-0.05, 0) is 61.6 Å². The van der Waals surface area contributed by atoms with Gasteiger partial charge < -0.3 is 4.74 Å². The van der Waals surface area contributed by atoms with Crippen molar-refractivity contribution in [1.29, 1.82) is 5.26 Å². The van der Waals surface area contributed by atoms with Gasteiger partial charge >= 0.3 is 5.97 Å². The molecule has 0 amide bonds. The Kier molecular flexibility index (Phi) is 9.05. The first-order valence-electron chi connectivity index (χ1n) is 11.1. The van der Waals surface area contributed by atoms with Crippen LogP contribution in [-0.2, 0) is 11.2 Å². The predicted molar refractivity (Wildman–Crippen MR) is 121 cm³/mol. The second-order valence-corrected chi connectivity index (χ2v) is 8.45. The van der Waals surface area contributed by atoms with Gasteiger partial charge in [0.15, 0.2) is 5.41 Å². The molecule has 0 bridgehead atoms. The number of unbranched alkanes of at least 4 members (excludes halogenated alkanes) is 5. The van der Waals surface area contributed by atoms with E-state index in [-0.39, 0.29) is 5.92 Å². The highest BCUT2D eigenvalue weighted by atomic mass is 16.5. The van der Waals surface area contributed by atoms with Crippen molar-refractivity contribution in [2.24, 2.45) is 11.3 Å². The molecule has 0 N–H and O–H groups in total. The Balaban J connectivity index is 1.92. The van der Waals surface area contributed by atoms with E-state index in [4.69, 9.17) is 4.74 Å². The van der Waals surface area contributed by atoms with Gasteiger partial charge in [-0.2, -0.15) is 5.26 Å². The first-order valence-corrected chi connectivity index (χ1v) is 11.1. The molecule has 4 heteroatoms. The average Bonchev–Trinajstić information content (AvgIpc) is 2.76. The van der Waals surface area contributed by atoms with Crippen LogP contribution in [-0.4, -0.2) is 11.0 Å². The van der Waals surface area contributed by atoms with Gasteiger partial charge in [0.1, 0.15) is 5.75 Å². The number of hydrogen-bond donors (Lipinski definition) is 0. The summed E-state index contributed by atoms with van der Waals surface area (Å²) < 4.78 is 5.44. The molecule has 0 aliphatic heterocycles. The minimum absolute atomic E-state index is 0.131. The number of carbonyl (C=O) groups is 1. The van der Waals surface area contributed by atoms with Gasteiger partial charge in [0.25, 0.3) is 0 Å². The van der Waals surface area contributed by atoms with Gasteiger partial charge in [-0.1, -0.05) is 58.9 Å². The number of rotatable bonds is 11. The first kappa shape index (κ1) is 23.6. The lowest BCUT2D eigenvalue weighted by Crippen LogP contribution is -2.35. The molecule has 0 aliphatic carbocycles. The summed E-state index contributed by atoms with van der Waals surface area (Å²) in [6, 6.07) is 13.5. The van der Waals surface area contributed by atoms with Crippen LogP contribution in [0.1, 0.15) is 71.8 Å². The lowest BCUT2D eigenvalue weighted by atomic mass is 9.81. The van der Waals surface area contributed by atoms with E-state index in [1.54, 1.807) is 19.1 Å². The van der Waals surface area contributed by atoms with Crippen LogP contribution in [0.15, 0.2) is 42.6 Å². The molecular weight excluding hydrogens is 372 g/mol. The van der Waals surface area contributed by atoms with Crippen molar-refractivity contribution in [3.05, 3.63) is 48.2 Å². The molecule has 160 valence electrons. The molecule has 0 radical (unpaired) electrons. The zero-order chi connectivity index (χ0) is 22.0. The molecule has 0 saturated heterocycles. The highest BCUT2D eigenvalue weighted by Crippen LogP contribution is 2.29. The van der Waals surface area contributed by atoms with E-state index < -0.39 is 11.4 Å². The Hall–Kier alpha value is -2.67. The molecule has 1 atom stereocenters. The van der Waals surface area contributed by atoms with E-state index in [0.717, 1.165) is 17.7 Å². The third-order valence-electron chi connectivity index (χ3n) is 5.82. The smallest absolute Gasteiger partial charge is 0.331 e. The zero-order valence-corrected chi connectivity index (χ0v) is 18.8. The van der Waals surface area contributed by atoms with Gasteiger partial charge in [0.05, 0.1) is 11.8 Å². The molecule has 1 heterocycles. The highest BCUT2D eigenvalue weighted by Gasteiger charge is 2.39. The fraction of sp³-hybridized carbons (Fsp3) is 0.500. The van der Waals surface area contributed by atoms with Crippen molar-refractivity contribution in [3.63, 3.8) is 0 Å². The van der Waals surface area contributed by atoms with Crippen molar-refractivity contribution < 1.29 is 9.53 Å². The predicted octanol–water partition coefficient (Wildman–Crippen LogP) is 6.74. The van der Waals surface area contributed by atoms with Crippen LogP contribution in [0.4, 0.5) is 0 Å². The average molecular weight is 407 g/mol. The minimum atomic E-state index is -1.16. The number of benzene rings is 1. The van der Waals surface area contributed by atoms with Crippen molar-refractivity contribution in [2.75, 3.05) is 0 Å². The first-order chi connectivity index (χ1) is 14.4. The summed E-state index contributed by atoms with van der Waals surface area (Å²) in [5, 5.41) is 9.36. The van der Waals surface area contributed by atoms with Gasteiger partial charge in [-0.15, -0.1) is 0 Å². The van der Waals surface area contributed by atoms with Crippen LogP contribution in [0.5, 0.6) is 5.75 Å². The number of aromatic nitrogens is 1. The molecule has 1 unspecified atom stereocenters. The molecule has 1 aromatic carbocycles. The molecule has 0 aliphatic rings. The monoisotopic (exact) mass is 406 g/mol. The van der Waals surface area contributed by atoms with Crippen molar-refractivity contribution >= 4 is 5.97 Å². The van der Waals surface area contributed by atoms with Gasteiger partial charge in [0.2, 0.25) is 0 Å². The molecule has 30 heavy (non-hydrogen) atoms. The van der Waals surface area contributed by atoms with Gasteiger partial charge in [0, 0.05) is 11.8 Å². The summed E-state index contributed by atoms with van der Waals surface area (Å²) in [5.41, 5.74) is 1.96. The molecule has 0 spiro atoms. The third-order valence-corrected chi connectivity index (χ3v) is 5.82. The standard InChI is InChI=1S/C26H34N2O2/c1-5-6-7-8-9-10-11-21-12-17-24(28-18-21)22-13-15-23(16-14-22)30-25(29)26(4,19-27)20(2)3/h12-18,20H,5-11H2,1-4H3. The summed E-state index contributed by atoms with van der Waals surface area (Å²) in [6.07, 6.45) is 10.8. The van der Waals surface area contributed by atoms with Crippen LogP contribution in [0, 0.1) is 22.7 Å². The lowest BCUT2D eigenvalue weighted by molar-refractivity contribution is -0.143. The summed E-state index contributed by atoms with van der Waals surface area (Å²) in [4.78, 5) is 17.0. The normalized spacial score (nSPS) is 12.9. The molecule has 4 nitrogen and oxygen atoms in total. The Bertz CT molecular complexity index is 835. The Morgan fingerprint density at radius 1 is 1.07 bits per heavy atom. The van der Waals surface area contributed by atoms with E-state index >= 15 is 0 Å². The number of esters is 1. The maximum atomic E-state index is 12.4. The number of ether oxygens (including phenoxy) is 1. The number of hydrogen-bond acceptors (Lipinski definition) is 4. The second kappa shape index (κ2) is 11.5. The van der Waals surface area contributed by atoms with Gasteiger partial charge in [-0.3, -0.25) is 4.98 Å². The number of nitrogens with zero attached hydrogens (tertiary/aromatic N) is 2. The maximum absolute atomic E-state index is 12.4. The molecule has 2 aromatic rings. The number of pyridine rings is 1. The summed E-state index contributed by atoms with van der Waals surface area (Å²) in [7, 11) is 0. The molecule has 0 fully saturated rings.